The van der Waals surface area contributed by atoms with Crippen molar-refractivity contribution in [3.63, 3.8) is 0 Å². The number of benzene rings is 1. The van der Waals surface area contributed by atoms with Crippen LogP contribution in [0.4, 0.5) is 0 Å². The summed E-state index contributed by atoms with van der Waals surface area (Å²) in [6.45, 7) is 2.77. The molecule has 1 aromatic carbocycles. The number of hydrogen-bond acceptors (Lipinski definition) is 4. The lowest BCUT2D eigenvalue weighted by Gasteiger charge is -2.31. The molecule has 110 valence electrons. The van der Waals surface area contributed by atoms with Crippen molar-refractivity contribution < 1.29 is 9.94 Å². The lowest BCUT2D eigenvalue weighted by atomic mass is 9.95. The summed E-state index contributed by atoms with van der Waals surface area (Å²) in [6.07, 6.45) is 1.86. The zero-order chi connectivity index (χ0) is 14.5. The minimum Gasteiger partial charge on any atom is -0.497 e. The first-order valence-corrected chi connectivity index (χ1v) is 7.45. The number of amidine groups is 1. The first kappa shape index (κ1) is 15.1. The van der Waals surface area contributed by atoms with E-state index in [-0.39, 0.29) is 5.92 Å². The van der Waals surface area contributed by atoms with Gasteiger partial charge in [-0.25, -0.2) is 0 Å². The van der Waals surface area contributed by atoms with Crippen LogP contribution in [0.25, 0.3) is 0 Å². The topological polar surface area (TPSA) is 71.1 Å². The van der Waals surface area contributed by atoms with Gasteiger partial charge in [-0.1, -0.05) is 21.1 Å². The SMILES string of the molecule is COc1ccc(Br)c(CN2CCC(C(N)=NO)CC2)c1. The van der Waals surface area contributed by atoms with E-state index < -0.39 is 0 Å². The Morgan fingerprint density at radius 3 is 2.80 bits per heavy atom. The predicted molar refractivity (Wildman–Crippen MR) is 82.1 cm³/mol. The number of likely N-dealkylation sites (tertiary alicyclic amines) is 1. The van der Waals surface area contributed by atoms with Crippen molar-refractivity contribution in [3.05, 3.63) is 28.2 Å². The van der Waals surface area contributed by atoms with Gasteiger partial charge in [0.1, 0.15) is 11.6 Å². The number of rotatable bonds is 4. The summed E-state index contributed by atoms with van der Waals surface area (Å²) in [5, 5.41) is 11.8. The van der Waals surface area contributed by atoms with Crippen molar-refractivity contribution in [2.45, 2.75) is 19.4 Å². The molecule has 1 aromatic rings. The van der Waals surface area contributed by atoms with Crippen molar-refractivity contribution in [1.82, 2.24) is 4.90 Å². The average Bonchev–Trinajstić information content (AvgIpc) is 2.49. The Bertz CT molecular complexity index is 485. The summed E-state index contributed by atoms with van der Waals surface area (Å²) in [6, 6.07) is 6.01. The second-order valence-electron chi connectivity index (χ2n) is 5.03. The molecule has 20 heavy (non-hydrogen) atoms. The first-order valence-electron chi connectivity index (χ1n) is 6.66. The van der Waals surface area contributed by atoms with E-state index in [9.17, 15) is 0 Å². The maximum absolute atomic E-state index is 8.71. The van der Waals surface area contributed by atoms with Gasteiger partial charge in [0.25, 0.3) is 0 Å². The van der Waals surface area contributed by atoms with Gasteiger partial charge in [-0.3, -0.25) is 4.90 Å². The monoisotopic (exact) mass is 341 g/mol. The van der Waals surface area contributed by atoms with E-state index in [1.54, 1.807) is 7.11 Å². The molecule has 0 unspecified atom stereocenters. The number of oxime groups is 1. The third kappa shape index (κ3) is 3.64. The van der Waals surface area contributed by atoms with Crippen LogP contribution >= 0.6 is 15.9 Å². The Morgan fingerprint density at radius 2 is 2.20 bits per heavy atom. The maximum Gasteiger partial charge on any atom is 0.142 e. The molecule has 3 N–H and O–H groups in total. The molecule has 0 amide bonds. The molecule has 1 saturated heterocycles. The Balaban J connectivity index is 1.96. The van der Waals surface area contributed by atoms with Crippen LogP contribution in [0, 0.1) is 5.92 Å². The van der Waals surface area contributed by atoms with Gasteiger partial charge in [0.15, 0.2) is 0 Å². The van der Waals surface area contributed by atoms with Gasteiger partial charge >= 0.3 is 0 Å². The Labute approximate surface area is 127 Å². The molecule has 0 aromatic heterocycles. The number of nitrogens with zero attached hydrogens (tertiary/aromatic N) is 2. The van der Waals surface area contributed by atoms with Gasteiger partial charge in [0.05, 0.1) is 7.11 Å². The molecule has 0 bridgehead atoms. The zero-order valence-corrected chi connectivity index (χ0v) is 13.1. The molecule has 1 aliphatic heterocycles. The number of nitrogens with two attached hydrogens (primary N) is 1. The molecule has 0 atom stereocenters. The zero-order valence-electron chi connectivity index (χ0n) is 11.6. The summed E-state index contributed by atoms with van der Waals surface area (Å²) in [5.74, 6) is 1.42. The lowest BCUT2D eigenvalue weighted by molar-refractivity contribution is 0.198. The van der Waals surface area contributed by atoms with Crippen LogP contribution in [0.5, 0.6) is 5.75 Å². The van der Waals surface area contributed by atoms with Crippen LogP contribution in [-0.4, -0.2) is 36.1 Å². The number of halogens is 1. The van der Waals surface area contributed by atoms with Crippen LogP contribution in [0.2, 0.25) is 0 Å². The van der Waals surface area contributed by atoms with Crippen molar-refractivity contribution in [2.75, 3.05) is 20.2 Å². The molecule has 1 aliphatic rings. The Kier molecular flexibility index (Phi) is 5.25. The largest absolute Gasteiger partial charge is 0.497 e. The van der Waals surface area contributed by atoms with Gasteiger partial charge in [-0.15, -0.1) is 0 Å². The van der Waals surface area contributed by atoms with Gasteiger partial charge in [-0.2, -0.15) is 0 Å². The standard InChI is InChI=1S/C14H20BrN3O2/c1-20-12-2-3-13(15)11(8-12)9-18-6-4-10(5-7-18)14(16)17-19/h2-3,8,10,19H,4-7,9H2,1H3,(H2,16,17). The van der Waals surface area contributed by atoms with E-state index in [1.807, 2.05) is 12.1 Å². The van der Waals surface area contributed by atoms with Gasteiger partial charge in [-0.05, 0) is 49.7 Å². The fourth-order valence-electron chi connectivity index (χ4n) is 2.51. The number of ether oxygens (including phenoxy) is 1. The fraction of sp³-hybridized carbons (Fsp3) is 0.500. The highest BCUT2D eigenvalue weighted by molar-refractivity contribution is 9.10. The van der Waals surface area contributed by atoms with Crippen LogP contribution in [0.3, 0.4) is 0 Å². The predicted octanol–water partition coefficient (Wildman–Crippen LogP) is 2.42. The molecule has 5 nitrogen and oxygen atoms in total. The van der Waals surface area contributed by atoms with Crippen molar-refractivity contribution in [3.8, 4) is 5.75 Å². The van der Waals surface area contributed by atoms with Crippen molar-refractivity contribution in [2.24, 2.45) is 16.8 Å². The highest BCUT2D eigenvalue weighted by Gasteiger charge is 2.22. The molecule has 0 saturated carbocycles. The van der Waals surface area contributed by atoms with Crippen LogP contribution in [0.1, 0.15) is 18.4 Å². The second kappa shape index (κ2) is 6.95. The molecule has 0 radical (unpaired) electrons. The Hall–Kier alpha value is -1.27. The van der Waals surface area contributed by atoms with E-state index >= 15 is 0 Å². The van der Waals surface area contributed by atoms with E-state index in [0.29, 0.717) is 5.84 Å². The summed E-state index contributed by atoms with van der Waals surface area (Å²) < 4.78 is 6.36. The molecular formula is C14H20BrN3O2. The van der Waals surface area contributed by atoms with E-state index in [2.05, 4.69) is 32.1 Å². The molecule has 0 aliphatic carbocycles. The minimum atomic E-state index is 0.199. The highest BCUT2D eigenvalue weighted by Crippen LogP contribution is 2.26. The van der Waals surface area contributed by atoms with Crippen molar-refractivity contribution >= 4 is 21.8 Å². The smallest absolute Gasteiger partial charge is 0.142 e. The minimum absolute atomic E-state index is 0.199. The summed E-state index contributed by atoms with van der Waals surface area (Å²) >= 11 is 3.58. The second-order valence-corrected chi connectivity index (χ2v) is 5.89. The van der Waals surface area contributed by atoms with Crippen LogP contribution in [0.15, 0.2) is 27.8 Å². The molecule has 6 heteroatoms. The Morgan fingerprint density at radius 1 is 1.50 bits per heavy atom. The fourth-order valence-corrected chi connectivity index (χ4v) is 2.88. The quantitative estimate of drug-likeness (QED) is 0.382. The lowest BCUT2D eigenvalue weighted by Crippen LogP contribution is -2.38. The summed E-state index contributed by atoms with van der Waals surface area (Å²) in [4.78, 5) is 2.38. The highest BCUT2D eigenvalue weighted by atomic mass is 79.9. The van der Waals surface area contributed by atoms with Gasteiger partial charge in [0.2, 0.25) is 0 Å². The molecule has 1 fully saturated rings. The molecule has 1 heterocycles. The third-order valence-electron chi connectivity index (χ3n) is 3.77. The normalized spacial score (nSPS) is 18.2. The van der Waals surface area contributed by atoms with Gasteiger partial charge in [0, 0.05) is 16.9 Å². The molecule has 0 spiro atoms. The summed E-state index contributed by atoms with van der Waals surface area (Å²) in [5.41, 5.74) is 6.88. The van der Waals surface area contributed by atoms with Crippen molar-refractivity contribution in [1.29, 1.82) is 0 Å². The summed E-state index contributed by atoms with van der Waals surface area (Å²) in [7, 11) is 1.68. The van der Waals surface area contributed by atoms with Crippen LogP contribution < -0.4 is 10.5 Å². The molecular weight excluding hydrogens is 322 g/mol. The third-order valence-corrected chi connectivity index (χ3v) is 4.54. The average molecular weight is 342 g/mol. The number of methoxy groups -OCH3 is 1. The number of hydrogen-bond donors (Lipinski definition) is 2. The number of piperidine rings is 1. The van der Waals surface area contributed by atoms with Gasteiger partial charge < -0.3 is 15.7 Å². The van der Waals surface area contributed by atoms with E-state index in [4.69, 9.17) is 15.7 Å². The van der Waals surface area contributed by atoms with E-state index in [0.717, 1.165) is 42.7 Å². The molecule has 2 rings (SSSR count). The maximum atomic E-state index is 8.71. The van der Waals surface area contributed by atoms with Crippen LogP contribution in [-0.2, 0) is 6.54 Å². The van der Waals surface area contributed by atoms with E-state index in [1.165, 1.54) is 5.56 Å². The first-order chi connectivity index (χ1) is 9.63.